The smallest absolute Gasteiger partial charge is 0.289 e. The van der Waals surface area contributed by atoms with E-state index in [0.29, 0.717) is 11.6 Å². The second-order valence-corrected chi connectivity index (χ2v) is 3.66. The predicted octanol–water partition coefficient (Wildman–Crippen LogP) is 3.41. The van der Waals surface area contributed by atoms with Crippen LogP contribution in [0, 0.1) is 0 Å². The first-order valence-corrected chi connectivity index (χ1v) is 4.64. The van der Waals surface area contributed by atoms with Crippen LogP contribution < -0.4 is 0 Å². The lowest BCUT2D eigenvalue weighted by Gasteiger charge is -1.99. The number of hydrogen-bond donors (Lipinski definition) is 0. The second-order valence-electron chi connectivity index (χ2n) is 2.61. The fourth-order valence-electron chi connectivity index (χ4n) is 0.869. The van der Waals surface area contributed by atoms with Crippen molar-refractivity contribution in [2.45, 2.75) is 4.83 Å². The molecule has 0 aliphatic rings. The molecule has 1 nitrogen and oxygen atoms in total. The third-order valence-electron chi connectivity index (χ3n) is 1.48. The second kappa shape index (κ2) is 4.46. The summed E-state index contributed by atoms with van der Waals surface area (Å²) in [5.74, 6) is -0.440. The topological polar surface area (TPSA) is 17.1 Å². The predicted molar refractivity (Wildman–Crippen MR) is 53.8 cm³/mol. The Morgan fingerprint density at radius 1 is 1.29 bits per heavy atom. The highest BCUT2D eigenvalue weighted by molar-refractivity contribution is 9.10. The maximum Gasteiger partial charge on any atom is 0.320 e. The van der Waals surface area contributed by atoms with E-state index in [1.165, 1.54) is 0 Å². The number of rotatable bonds is 3. The highest BCUT2D eigenvalue weighted by Crippen LogP contribution is 2.23. The molecule has 1 aromatic rings. The number of hydrogen-bond acceptors (Lipinski definition) is 1. The van der Waals surface area contributed by atoms with Crippen LogP contribution in [0.1, 0.15) is 10.4 Å². The first-order valence-electron chi connectivity index (χ1n) is 3.84. The molecule has 0 heterocycles. The first kappa shape index (κ1) is 11.0. The van der Waals surface area contributed by atoms with Crippen LogP contribution in [0.2, 0.25) is 0 Å². The van der Waals surface area contributed by atoms with Gasteiger partial charge in [0.1, 0.15) is 0 Å². The molecular weight excluding hydrogens is 254 g/mol. The Balaban J connectivity index is 2.74. The van der Waals surface area contributed by atoms with Gasteiger partial charge in [-0.25, -0.2) is 0 Å². The van der Waals surface area contributed by atoms with Crippen molar-refractivity contribution in [3.05, 3.63) is 48.0 Å². The molecule has 0 saturated carbocycles. The van der Waals surface area contributed by atoms with E-state index in [1.54, 1.807) is 30.3 Å². The van der Waals surface area contributed by atoms with E-state index < -0.39 is 10.6 Å². The largest absolute Gasteiger partial charge is 0.320 e. The third kappa shape index (κ3) is 3.79. The lowest BCUT2D eigenvalue weighted by atomic mass is 10.1. The molecule has 0 atom stereocenters. The van der Waals surface area contributed by atoms with Gasteiger partial charge in [0.05, 0.1) is 0 Å². The van der Waals surface area contributed by atoms with Gasteiger partial charge in [-0.05, 0) is 28.1 Å². The van der Waals surface area contributed by atoms with Crippen molar-refractivity contribution in [3.8, 4) is 0 Å². The van der Waals surface area contributed by atoms with Crippen LogP contribution >= 0.6 is 15.9 Å². The fourth-order valence-corrected chi connectivity index (χ4v) is 1.00. The summed E-state index contributed by atoms with van der Waals surface area (Å²) < 4.78 is 24.6. The molecule has 14 heavy (non-hydrogen) atoms. The van der Waals surface area contributed by atoms with E-state index in [0.717, 1.165) is 6.08 Å². The van der Waals surface area contributed by atoms with Gasteiger partial charge >= 0.3 is 4.83 Å². The molecule has 1 aromatic carbocycles. The van der Waals surface area contributed by atoms with Crippen LogP contribution in [0.5, 0.6) is 0 Å². The van der Waals surface area contributed by atoms with E-state index in [1.807, 2.05) is 0 Å². The van der Waals surface area contributed by atoms with E-state index in [-0.39, 0.29) is 0 Å². The molecule has 0 N–H and O–H groups in total. The lowest BCUT2D eigenvalue weighted by Crippen LogP contribution is -2.01. The van der Waals surface area contributed by atoms with Gasteiger partial charge in [0, 0.05) is 5.56 Å². The van der Waals surface area contributed by atoms with Crippen LogP contribution in [0.4, 0.5) is 8.78 Å². The molecule has 0 spiro atoms. The number of benzene rings is 1. The summed E-state index contributed by atoms with van der Waals surface area (Å²) in [5.41, 5.74) is 0.389. The number of carbonyl (C=O) groups excluding carboxylic acids is 1. The van der Waals surface area contributed by atoms with Crippen molar-refractivity contribution in [1.29, 1.82) is 0 Å². The zero-order valence-electron chi connectivity index (χ0n) is 7.08. The van der Waals surface area contributed by atoms with Crippen molar-refractivity contribution in [2.24, 2.45) is 0 Å². The molecule has 0 bridgehead atoms. The molecule has 0 aliphatic heterocycles. The molecule has 1 rings (SSSR count). The minimum atomic E-state index is -3.13. The first-order chi connectivity index (χ1) is 6.49. The van der Waals surface area contributed by atoms with Crippen LogP contribution in [-0.4, -0.2) is 10.6 Å². The molecular formula is C10H7BrF2O. The van der Waals surface area contributed by atoms with Crippen LogP contribution in [0.15, 0.2) is 42.5 Å². The molecule has 74 valence electrons. The SMILES string of the molecule is O=C(C=CC(F)(F)Br)c1ccccc1. The Hall–Kier alpha value is -1.03. The van der Waals surface area contributed by atoms with Gasteiger partial charge in [-0.15, -0.1) is 0 Å². The Bertz CT molecular complexity index is 341. The van der Waals surface area contributed by atoms with Gasteiger partial charge in [0.2, 0.25) is 0 Å². The van der Waals surface area contributed by atoms with Gasteiger partial charge in [-0.2, -0.15) is 8.78 Å². The average molecular weight is 261 g/mol. The molecule has 4 heteroatoms. The summed E-state index contributed by atoms with van der Waals surface area (Å²) in [4.78, 5) is 8.12. The van der Waals surface area contributed by atoms with E-state index >= 15 is 0 Å². The summed E-state index contributed by atoms with van der Waals surface area (Å²) in [6.07, 6.45) is 1.37. The Labute approximate surface area is 88.6 Å². The van der Waals surface area contributed by atoms with Gasteiger partial charge in [-0.3, -0.25) is 4.79 Å². The van der Waals surface area contributed by atoms with Crippen molar-refractivity contribution in [1.82, 2.24) is 0 Å². The number of alkyl halides is 3. The van der Waals surface area contributed by atoms with Crippen molar-refractivity contribution >= 4 is 21.7 Å². The molecule has 0 radical (unpaired) electrons. The summed E-state index contributed by atoms with van der Waals surface area (Å²) in [7, 11) is 0. The summed E-state index contributed by atoms with van der Waals surface area (Å²) in [5, 5.41) is 0. The van der Waals surface area contributed by atoms with Crippen molar-refractivity contribution < 1.29 is 13.6 Å². The van der Waals surface area contributed by atoms with Crippen molar-refractivity contribution in [2.75, 3.05) is 0 Å². The van der Waals surface area contributed by atoms with E-state index in [9.17, 15) is 13.6 Å². The number of carbonyl (C=O) groups is 1. The molecule has 0 fully saturated rings. The number of halogens is 3. The maximum atomic E-state index is 12.3. The Morgan fingerprint density at radius 3 is 2.36 bits per heavy atom. The van der Waals surface area contributed by atoms with Crippen LogP contribution in [-0.2, 0) is 0 Å². The Kier molecular flexibility index (Phi) is 3.52. The quantitative estimate of drug-likeness (QED) is 0.463. The molecule has 0 amide bonds. The van der Waals surface area contributed by atoms with E-state index in [2.05, 4.69) is 15.9 Å². The van der Waals surface area contributed by atoms with Gasteiger partial charge < -0.3 is 0 Å². The molecule has 0 unspecified atom stereocenters. The van der Waals surface area contributed by atoms with Gasteiger partial charge in [-0.1, -0.05) is 30.3 Å². The number of allylic oxidation sites excluding steroid dienone is 2. The minimum Gasteiger partial charge on any atom is -0.289 e. The molecule has 0 aliphatic carbocycles. The normalized spacial score (nSPS) is 11.9. The fraction of sp³-hybridized carbons (Fsp3) is 0.100. The standard InChI is InChI=1S/C10H7BrF2O/c11-10(12,13)7-6-9(14)8-4-2-1-3-5-8/h1-7H. The van der Waals surface area contributed by atoms with E-state index in [4.69, 9.17) is 0 Å². The Morgan fingerprint density at radius 2 is 1.86 bits per heavy atom. The monoisotopic (exact) mass is 260 g/mol. The zero-order valence-corrected chi connectivity index (χ0v) is 8.67. The summed E-state index contributed by atoms with van der Waals surface area (Å²) in [6.45, 7) is 0. The molecule has 0 aromatic heterocycles. The summed E-state index contributed by atoms with van der Waals surface area (Å²) in [6, 6.07) is 8.23. The van der Waals surface area contributed by atoms with Crippen LogP contribution in [0.3, 0.4) is 0 Å². The van der Waals surface area contributed by atoms with Crippen molar-refractivity contribution in [3.63, 3.8) is 0 Å². The summed E-state index contributed by atoms with van der Waals surface area (Å²) >= 11 is 2.11. The zero-order chi connectivity index (χ0) is 10.6. The molecule has 0 saturated heterocycles. The van der Waals surface area contributed by atoms with Crippen LogP contribution in [0.25, 0.3) is 0 Å². The van der Waals surface area contributed by atoms with Gasteiger partial charge in [0.15, 0.2) is 5.78 Å². The average Bonchev–Trinajstić information content (AvgIpc) is 2.14. The third-order valence-corrected chi connectivity index (χ3v) is 1.75. The number of ketones is 1. The highest BCUT2D eigenvalue weighted by Gasteiger charge is 2.19. The highest BCUT2D eigenvalue weighted by atomic mass is 79.9. The van der Waals surface area contributed by atoms with Gasteiger partial charge in [0.25, 0.3) is 0 Å². The minimum absolute atomic E-state index is 0.389. The lowest BCUT2D eigenvalue weighted by molar-refractivity contribution is 0.104. The maximum absolute atomic E-state index is 12.3.